The van der Waals surface area contributed by atoms with E-state index in [-0.39, 0.29) is 6.04 Å². The third-order valence-electron chi connectivity index (χ3n) is 4.82. The average Bonchev–Trinajstić information content (AvgIpc) is 2.36. The molecule has 2 aliphatic rings. The van der Waals surface area contributed by atoms with Gasteiger partial charge in [0, 0.05) is 18.7 Å². The minimum atomic E-state index is -0.434. The van der Waals surface area contributed by atoms with Gasteiger partial charge in [-0.2, -0.15) is 0 Å². The summed E-state index contributed by atoms with van der Waals surface area (Å²) >= 11 is 0. The van der Waals surface area contributed by atoms with Gasteiger partial charge in [-0.1, -0.05) is 31.5 Å². The summed E-state index contributed by atoms with van der Waals surface area (Å²) in [5.41, 5.74) is 3.60. The molecular weight excluding hydrogens is 262 g/mol. The molecule has 0 bridgehead atoms. The molecule has 0 aromatic heterocycles. The normalized spacial score (nSPS) is 33.4. The maximum absolute atomic E-state index is 10.6. The summed E-state index contributed by atoms with van der Waals surface area (Å²) in [7, 11) is 0. The molecule has 2 heterocycles. The van der Waals surface area contributed by atoms with Gasteiger partial charge in [0.15, 0.2) is 0 Å². The highest BCUT2D eigenvalue weighted by molar-refractivity contribution is 5.47. The topological polar surface area (TPSA) is 32.7 Å². The van der Waals surface area contributed by atoms with Crippen molar-refractivity contribution in [3.63, 3.8) is 0 Å². The fourth-order valence-corrected chi connectivity index (χ4v) is 4.25. The highest BCUT2D eigenvalue weighted by Gasteiger charge is 2.37. The number of nitrogens with zero attached hydrogens (tertiary/aromatic N) is 1. The van der Waals surface area contributed by atoms with Crippen molar-refractivity contribution in [3.05, 3.63) is 28.8 Å². The lowest BCUT2D eigenvalue weighted by Crippen LogP contribution is -2.48. The van der Waals surface area contributed by atoms with Crippen LogP contribution < -0.4 is 4.74 Å². The van der Waals surface area contributed by atoms with Crippen LogP contribution in [-0.2, 0) is 0 Å². The lowest BCUT2D eigenvalue weighted by molar-refractivity contribution is -0.0232. The third kappa shape index (κ3) is 2.82. The highest BCUT2D eigenvalue weighted by Crippen LogP contribution is 2.41. The SMILES string of the molecule is Cc1cc(C)c2c(c1)C(N1CC(C)CC(C)C1)C(O)CO2. The largest absolute Gasteiger partial charge is 0.490 e. The number of ether oxygens (including phenoxy) is 1. The van der Waals surface area contributed by atoms with Crippen molar-refractivity contribution in [3.8, 4) is 5.75 Å². The third-order valence-corrected chi connectivity index (χ3v) is 4.82. The molecule has 3 heteroatoms. The minimum absolute atomic E-state index is 0.0811. The van der Waals surface area contributed by atoms with Crippen LogP contribution in [0.25, 0.3) is 0 Å². The molecule has 1 aromatic rings. The van der Waals surface area contributed by atoms with Gasteiger partial charge < -0.3 is 9.84 Å². The molecule has 4 unspecified atom stereocenters. The molecule has 2 aliphatic heterocycles. The Kier molecular flexibility index (Phi) is 3.98. The summed E-state index contributed by atoms with van der Waals surface area (Å²) in [4.78, 5) is 2.48. The predicted molar refractivity (Wildman–Crippen MR) is 84.7 cm³/mol. The Morgan fingerprint density at radius 2 is 1.81 bits per heavy atom. The summed E-state index contributed by atoms with van der Waals surface area (Å²) in [6, 6.07) is 4.44. The lowest BCUT2D eigenvalue weighted by Gasteiger charge is -2.44. The van der Waals surface area contributed by atoms with Crippen LogP contribution in [0.5, 0.6) is 5.75 Å². The Labute approximate surface area is 127 Å². The molecule has 1 N–H and O–H groups in total. The van der Waals surface area contributed by atoms with E-state index in [0.717, 1.165) is 18.8 Å². The van der Waals surface area contributed by atoms with Crippen molar-refractivity contribution in [2.75, 3.05) is 19.7 Å². The Hall–Kier alpha value is -1.06. The number of piperidine rings is 1. The van der Waals surface area contributed by atoms with Gasteiger partial charge in [0.1, 0.15) is 18.5 Å². The average molecular weight is 289 g/mol. The molecule has 1 aromatic carbocycles. The van der Waals surface area contributed by atoms with Crippen LogP contribution in [0, 0.1) is 25.7 Å². The van der Waals surface area contributed by atoms with Crippen molar-refractivity contribution in [1.82, 2.24) is 4.90 Å². The number of aryl methyl sites for hydroxylation is 2. The van der Waals surface area contributed by atoms with Crippen LogP contribution >= 0.6 is 0 Å². The molecular formula is C18H27NO2. The number of aliphatic hydroxyl groups excluding tert-OH is 1. The minimum Gasteiger partial charge on any atom is -0.490 e. The summed E-state index contributed by atoms with van der Waals surface area (Å²) in [5.74, 6) is 2.37. The quantitative estimate of drug-likeness (QED) is 0.862. The van der Waals surface area contributed by atoms with E-state index in [4.69, 9.17) is 4.74 Å². The Balaban J connectivity index is 1.99. The Morgan fingerprint density at radius 3 is 2.48 bits per heavy atom. The molecule has 1 fully saturated rings. The number of likely N-dealkylation sites (tertiary alicyclic amines) is 1. The molecule has 4 atom stereocenters. The molecule has 21 heavy (non-hydrogen) atoms. The zero-order valence-corrected chi connectivity index (χ0v) is 13.6. The lowest BCUT2D eigenvalue weighted by atomic mass is 9.86. The van der Waals surface area contributed by atoms with E-state index >= 15 is 0 Å². The second-order valence-electron chi connectivity index (χ2n) is 7.22. The van der Waals surface area contributed by atoms with Crippen molar-refractivity contribution in [2.45, 2.75) is 46.3 Å². The number of hydrogen-bond acceptors (Lipinski definition) is 3. The number of rotatable bonds is 1. The maximum Gasteiger partial charge on any atom is 0.127 e. The van der Waals surface area contributed by atoms with Gasteiger partial charge in [0.25, 0.3) is 0 Å². The van der Waals surface area contributed by atoms with Gasteiger partial charge in [-0.25, -0.2) is 0 Å². The molecule has 3 nitrogen and oxygen atoms in total. The summed E-state index contributed by atoms with van der Waals surface area (Å²) in [6.45, 7) is 11.4. The first-order valence-corrected chi connectivity index (χ1v) is 8.11. The molecule has 0 saturated carbocycles. The van der Waals surface area contributed by atoms with Crippen molar-refractivity contribution in [1.29, 1.82) is 0 Å². The van der Waals surface area contributed by atoms with Gasteiger partial charge in [0.2, 0.25) is 0 Å². The van der Waals surface area contributed by atoms with Crippen LogP contribution in [0.2, 0.25) is 0 Å². The standard InChI is InChI=1S/C18H27NO2/c1-11-6-14(4)18-15(7-11)17(16(20)10-21-18)19-8-12(2)5-13(3)9-19/h6-7,12-13,16-17,20H,5,8-10H2,1-4H3. The number of fused-ring (bicyclic) bond motifs is 1. The van der Waals surface area contributed by atoms with E-state index in [1.807, 2.05) is 0 Å². The van der Waals surface area contributed by atoms with E-state index < -0.39 is 6.10 Å². The Bertz CT molecular complexity index is 518. The molecule has 3 rings (SSSR count). The Morgan fingerprint density at radius 1 is 1.14 bits per heavy atom. The summed E-state index contributed by atoms with van der Waals surface area (Å²) in [5, 5.41) is 10.6. The number of aliphatic hydroxyl groups is 1. The zero-order valence-electron chi connectivity index (χ0n) is 13.6. The zero-order chi connectivity index (χ0) is 15.1. The van der Waals surface area contributed by atoms with Gasteiger partial charge in [-0.05, 0) is 37.7 Å². The first kappa shape index (κ1) is 14.9. The fraction of sp³-hybridized carbons (Fsp3) is 0.667. The number of benzene rings is 1. The summed E-state index contributed by atoms with van der Waals surface area (Å²) in [6.07, 6.45) is 0.853. The molecule has 0 amide bonds. The molecule has 1 saturated heterocycles. The molecule has 0 aliphatic carbocycles. The van der Waals surface area contributed by atoms with Gasteiger partial charge in [0.05, 0.1) is 6.04 Å². The molecule has 116 valence electrons. The van der Waals surface area contributed by atoms with Gasteiger partial charge in [-0.3, -0.25) is 4.90 Å². The first-order valence-electron chi connectivity index (χ1n) is 8.11. The van der Waals surface area contributed by atoms with Crippen molar-refractivity contribution < 1.29 is 9.84 Å². The van der Waals surface area contributed by atoms with Gasteiger partial charge in [-0.15, -0.1) is 0 Å². The second-order valence-corrected chi connectivity index (χ2v) is 7.22. The summed E-state index contributed by atoms with van der Waals surface area (Å²) < 4.78 is 5.82. The van der Waals surface area contributed by atoms with E-state index in [2.05, 4.69) is 44.7 Å². The van der Waals surface area contributed by atoms with Gasteiger partial charge >= 0.3 is 0 Å². The smallest absolute Gasteiger partial charge is 0.127 e. The van der Waals surface area contributed by atoms with Crippen LogP contribution in [0.4, 0.5) is 0 Å². The monoisotopic (exact) mass is 289 g/mol. The first-order chi connectivity index (χ1) is 9.95. The van der Waals surface area contributed by atoms with E-state index in [1.54, 1.807) is 0 Å². The van der Waals surface area contributed by atoms with Crippen molar-refractivity contribution in [2.24, 2.45) is 11.8 Å². The predicted octanol–water partition coefficient (Wildman–Crippen LogP) is 3.08. The van der Waals surface area contributed by atoms with Crippen LogP contribution in [0.1, 0.15) is 43.0 Å². The van der Waals surface area contributed by atoms with E-state index in [1.165, 1.54) is 23.1 Å². The molecule has 0 spiro atoms. The fourth-order valence-electron chi connectivity index (χ4n) is 4.25. The highest BCUT2D eigenvalue weighted by atomic mass is 16.5. The van der Waals surface area contributed by atoms with Crippen LogP contribution in [-0.4, -0.2) is 35.8 Å². The van der Waals surface area contributed by atoms with E-state index in [0.29, 0.717) is 18.4 Å². The number of hydrogen-bond donors (Lipinski definition) is 1. The molecule has 0 radical (unpaired) electrons. The van der Waals surface area contributed by atoms with Crippen molar-refractivity contribution >= 4 is 0 Å². The van der Waals surface area contributed by atoms with Crippen LogP contribution in [0.3, 0.4) is 0 Å². The van der Waals surface area contributed by atoms with Crippen LogP contribution in [0.15, 0.2) is 12.1 Å². The second kappa shape index (κ2) is 5.62. The van der Waals surface area contributed by atoms with E-state index in [9.17, 15) is 5.11 Å². The maximum atomic E-state index is 10.6.